The molecule has 1 unspecified atom stereocenters. The zero-order chi connectivity index (χ0) is 19.4. The van der Waals surface area contributed by atoms with Crippen LogP contribution in [0.25, 0.3) is 0 Å². The van der Waals surface area contributed by atoms with Crippen molar-refractivity contribution in [2.24, 2.45) is 0 Å². The van der Waals surface area contributed by atoms with Crippen molar-refractivity contribution < 1.29 is 23.8 Å². The van der Waals surface area contributed by atoms with Crippen molar-refractivity contribution in [3.63, 3.8) is 0 Å². The molecular weight excluding hydrogens is 346 g/mol. The number of hydrogen-bond acceptors (Lipinski definition) is 5. The molecule has 27 heavy (non-hydrogen) atoms. The molecule has 1 fully saturated rings. The van der Waals surface area contributed by atoms with Crippen LogP contribution in [0.2, 0.25) is 0 Å². The van der Waals surface area contributed by atoms with Gasteiger partial charge >= 0.3 is 5.97 Å². The van der Waals surface area contributed by atoms with Crippen LogP contribution in [-0.2, 0) is 4.74 Å². The smallest absolute Gasteiger partial charge is 0.337 e. The van der Waals surface area contributed by atoms with Gasteiger partial charge in [0.25, 0.3) is 5.91 Å². The summed E-state index contributed by atoms with van der Waals surface area (Å²) in [6, 6.07) is 12.2. The van der Waals surface area contributed by atoms with Crippen LogP contribution in [0.5, 0.6) is 11.5 Å². The van der Waals surface area contributed by atoms with Gasteiger partial charge in [0, 0.05) is 23.7 Å². The Morgan fingerprint density at radius 3 is 2.48 bits per heavy atom. The summed E-state index contributed by atoms with van der Waals surface area (Å²) in [6.45, 7) is 0.654. The second kappa shape index (κ2) is 8.12. The van der Waals surface area contributed by atoms with E-state index in [1.807, 2.05) is 23.1 Å². The molecule has 6 heteroatoms. The monoisotopic (exact) mass is 369 g/mol. The summed E-state index contributed by atoms with van der Waals surface area (Å²) < 4.78 is 15.5. The highest BCUT2D eigenvalue weighted by molar-refractivity contribution is 5.98. The Morgan fingerprint density at radius 2 is 1.78 bits per heavy atom. The Hall–Kier alpha value is -3.02. The largest absolute Gasteiger partial charge is 0.497 e. The van der Waals surface area contributed by atoms with E-state index in [9.17, 15) is 9.59 Å². The third kappa shape index (κ3) is 3.74. The number of carbonyl (C=O) groups excluding carboxylic acids is 2. The van der Waals surface area contributed by atoms with E-state index in [4.69, 9.17) is 14.2 Å². The lowest BCUT2D eigenvalue weighted by molar-refractivity contribution is 0.0600. The predicted octanol–water partition coefficient (Wildman–Crippen LogP) is 3.47. The number of benzene rings is 2. The molecule has 6 nitrogen and oxygen atoms in total. The third-order valence-corrected chi connectivity index (χ3v) is 4.84. The van der Waals surface area contributed by atoms with Gasteiger partial charge in [0.05, 0.1) is 32.9 Å². The third-order valence-electron chi connectivity index (χ3n) is 4.84. The number of amides is 1. The summed E-state index contributed by atoms with van der Waals surface area (Å²) in [7, 11) is 4.54. The number of carbonyl (C=O) groups is 2. The number of methoxy groups -OCH3 is 3. The highest BCUT2D eigenvalue weighted by atomic mass is 16.5. The molecular formula is C21H23NO5. The van der Waals surface area contributed by atoms with E-state index >= 15 is 0 Å². The fourth-order valence-electron chi connectivity index (χ4n) is 3.49. The van der Waals surface area contributed by atoms with Crippen LogP contribution in [-0.4, -0.2) is 44.7 Å². The van der Waals surface area contributed by atoms with Crippen LogP contribution in [0, 0.1) is 0 Å². The molecule has 1 atom stereocenters. The number of esters is 1. The molecule has 3 rings (SSSR count). The lowest BCUT2D eigenvalue weighted by Gasteiger charge is -2.26. The van der Waals surface area contributed by atoms with Gasteiger partial charge in [0.1, 0.15) is 11.5 Å². The second-order valence-corrected chi connectivity index (χ2v) is 6.34. The molecule has 0 N–H and O–H groups in total. The fourth-order valence-corrected chi connectivity index (χ4v) is 3.49. The molecule has 1 heterocycles. The Morgan fingerprint density at radius 1 is 1.00 bits per heavy atom. The minimum atomic E-state index is -0.459. The average molecular weight is 369 g/mol. The van der Waals surface area contributed by atoms with E-state index in [2.05, 4.69) is 0 Å². The molecule has 142 valence electrons. The van der Waals surface area contributed by atoms with Crippen LogP contribution in [0.3, 0.4) is 0 Å². The summed E-state index contributed by atoms with van der Waals surface area (Å²) in [5, 5.41) is 0. The highest BCUT2D eigenvalue weighted by Crippen LogP contribution is 2.39. The zero-order valence-corrected chi connectivity index (χ0v) is 15.7. The van der Waals surface area contributed by atoms with E-state index in [0.29, 0.717) is 29.2 Å². The lowest BCUT2D eigenvalue weighted by Crippen LogP contribution is -2.31. The Bertz CT molecular complexity index is 848. The molecule has 0 aliphatic carbocycles. The maximum absolute atomic E-state index is 13.1. The van der Waals surface area contributed by atoms with Crippen molar-refractivity contribution in [3.8, 4) is 11.5 Å². The van der Waals surface area contributed by atoms with Crippen molar-refractivity contribution in [2.75, 3.05) is 27.9 Å². The van der Waals surface area contributed by atoms with Gasteiger partial charge in [-0.2, -0.15) is 0 Å². The van der Waals surface area contributed by atoms with Crippen LogP contribution in [0.15, 0.2) is 42.5 Å². The maximum atomic E-state index is 13.1. The van der Waals surface area contributed by atoms with Crippen molar-refractivity contribution >= 4 is 11.9 Å². The first-order chi connectivity index (χ1) is 13.1. The van der Waals surface area contributed by atoms with Crippen molar-refractivity contribution in [3.05, 3.63) is 59.2 Å². The molecule has 0 aromatic heterocycles. The van der Waals surface area contributed by atoms with E-state index in [-0.39, 0.29) is 11.9 Å². The number of rotatable bonds is 5. The molecule has 1 amide bonds. The van der Waals surface area contributed by atoms with E-state index in [1.54, 1.807) is 38.5 Å². The summed E-state index contributed by atoms with van der Waals surface area (Å²) >= 11 is 0. The van der Waals surface area contributed by atoms with Gasteiger partial charge in [0.15, 0.2) is 0 Å². The number of nitrogens with zero attached hydrogens (tertiary/aromatic N) is 1. The van der Waals surface area contributed by atoms with Gasteiger partial charge in [-0.3, -0.25) is 4.79 Å². The van der Waals surface area contributed by atoms with Crippen LogP contribution in [0.4, 0.5) is 0 Å². The minimum Gasteiger partial charge on any atom is -0.497 e. The molecule has 1 aliphatic rings. The average Bonchev–Trinajstić information content (AvgIpc) is 3.21. The quantitative estimate of drug-likeness (QED) is 0.755. The topological polar surface area (TPSA) is 65.1 Å². The Labute approximate surface area is 158 Å². The fraction of sp³-hybridized carbons (Fsp3) is 0.333. The first kappa shape index (κ1) is 18.8. The molecule has 0 bridgehead atoms. The van der Waals surface area contributed by atoms with E-state index < -0.39 is 5.97 Å². The highest BCUT2D eigenvalue weighted by Gasteiger charge is 2.32. The van der Waals surface area contributed by atoms with Gasteiger partial charge in [-0.05, 0) is 43.2 Å². The molecule has 1 aliphatic heterocycles. The predicted molar refractivity (Wildman–Crippen MR) is 100 cm³/mol. The Kier molecular flexibility index (Phi) is 5.64. The van der Waals surface area contributed by atoms with Gasteiger partial charge < -0.3 is 19.1 Å². The van der Waals surface area contributed by atoms with Crippen molar-refractivity contribution in [1.82, 2.24) is 4.90 Å². The molecule has 0 radical (unpaired) electrons. The van der Waals surface area contributed by atoms with Gasteiger partial charge in [-0.25, -0.2) is 4.79 Å². The number of ether oxygens (including phenoxy) is 3. The molecule has 0 saturated carbocycles. The molecule has 2 aromatic rings. The second-order valence-electron chi connectivity index (χ2n) is 6.34. The van der Waals surface area contributed by atoms with Crippen LogP contribution >= 0.6 is 0 Å². The molecule has 2 aromatic carbocycles. The summed E-state index contributed by atoms with van der Waals surface area (Å²) in [5.41, 5.74) is 1.78. The van der Waals surface area contributed by atoms with Gasteiger partial charge in [-0.1, -0.05) is 6.07 Å². The summed E-state index contributed by atoms with van der Waals surface area (Å²) in [4.78, 5) is 26.7. The lowest BCUT2D eigenvalue weighted by atomic mass is 10.0. The minimum absolute atomic E-state index is 0.0832. The molecule has 0 spiro atoms. The maximum Gasteiger partial charge on any atom is 0.337 e. The summed E-state index contributed by atoms with van der Waals surface area (Å²) in [5.74, 6) is 0.834. The normalized spacial score (nSPS) is 16.1. The van der Waals surface area contributed by atoms with Crippen molar-refractivity contribution in [2.45, 2.75) is 18.9 Å². The molecule has 1 saturated heterocycles. The Balaban J connectivity index is 1.91. The summed E-state index contributed by atoms with van der Waals surface area (Å²) in [6.07, 6.45) is 1.76. The standard InChI is InChI=1S/C21H23NO5/c1-25-16-9-10-17(19(13-16)26-2)18-8-5-11-22(18)20(23)14-6-4-7-15(12-14)21(24)27-3/h4,6-7,9-10,12-13,18H,5,8,11H2,1-3H3. The van der Waals surface area contributed by atoms with E-state index in [1.165, 1.54) is 7.11 Å². The zero-order valence-electron chi connectivity index (χ0n) is 15.7. The first-order valence-corrected chi connectivity index (χ1v) is 8.80. The SMILES string of the molecule is COC(=O)c1cccc(C(=O)N2CCCC2c2ccc(OC)cc2OC)c1. The van der Waals surface area contributed by atoms with Crippen LogP contribution < -0.4 is 9.47 Å². The number of hydrogen-bond donors (Lipinski definition) is 0. The van der Waals surface area contributed by atoms with Gasteiger partial charge in [-0.15, -0.1) is 0 Å². The first-order valence-electron chi connectivity index (χ1n) is 8.80. The van der Waals surface area contributed by atoms with Gasteiger partial charge in [0.2, 0.25) is 0 Å². The van der Waals surface area contributed by atoms with Crippen LogP contribution in [0.1, 0.15) is 45.2 Å². The van der Waals surface area contributed by atoms with E-state index in [0.717, 1.165) is 18.4 Å². The number of likely N-dealkylation sites (tertiary alicyclic amines) is 1. The van der Waals surface area contributed by atoms with Crippen molar-refractivity contribution in [1.29, 1.82) is 0 Å².